The van der Waals surface area contributed by atoms with Crippen molar-refractivity contribution in [1.82, 2.24) is 4.98 Å². The standard InChI is InChI=1S/C39H22N2O2S/c1-2-8-24-20-37-31(19-23(24)7-1)38-32(17-18-40-39(38)44-37)41(25-13-15-29-27-9-3-5-11-33(27)42-35(29)21-25)26-14-16-30-28-10-4-6-12-34(28)43-36(30)22-26/h1-22H. The van der Waals surface area contributed by atoms with Gasteiger partial charge >= 0.3 is 0 Å². The van der Waals surface area contributed by atoms with Crippen molar-refractivity contribution in [3.8, 4) is 0 Å². The minimum absolute atomic E-state index is 0.852. The third kappa shape index (κ3) is 3.41. The summed E-state index contributed by atoms with van der Waals surface area (Å²) in [6, 6.07) is 44.7. The largest absolute Gasteiger partial charge is 0.456 e. The van der Waals surface area contributed by atoms with Crippen LogP contribution in [0.4, 0.5) is 17.1 Å². The molecule has 0 aliphatic rings. The minimum Gasteiger partial charge on any atom is -0.456 e. The van der Waals surface area contributed by atoms with E-state index in [1.165, 1.54) is 20.9 Å². The fourth-order valence-electron chi connectivity index (χ4n) is 6.69. The van der Waals surface area contributed by atoms with Crippen LogP contribution in [0.1, 0.15) is 0 Å². The van der Waals surface area contributed by atoms with Crippen LogP contribution in [0, 0.1) is 0 Å². The molecule has 0 spiro atoms. The van der Waals surface area contributed by atoms with Gasteiger partial charge in [-0.15, -0.1) is 11.3 Å². The molecule has 44 heavy (non-hydrogen) atoms. The number of benzene rings is 6. The van der Waals surface area contributed by atoms with Gasteiger partial charge in [-0.05, 0) is 65.4 Å². The molecule has 0 N–H and O–H groups in total. The lowest BCUT2D eigenvalue weighted by molar-refractivity contribution is 0.669. The summed E-state index contributed by atoms with van der Waals surface area (Å²) in [6.45, 7) is 0. The van der Waals surface area contributed by atoms with Crippen LogP contribution in [0.2, 0.25) is 0 Å². The number of anilines is 3. The maximum atomic E-state index is 6.36. The summed E-state index contributed by atoms with van der Waals surface area (Å²) in [5.74, 6) is 0. The van der Waals surface area contributed by atoms with Crippen LogP contribution in [0.3, 0.4) is 0 Å². The molecule has 0 aliphatic carbocycles. The van der Waals surface area contributed by atoms with Crippen molar-refractivity contribution in [2.45, 2.75) is 0 Å². The molecule has 5 heteroatoms. The van der Waals surface area contributed by atoms with E-state index in [0.29, 0.717) is 0 Å². The molecule has 4 nitrogen and oxygen atoms in total. The molecule has 4 heterocycles. The number of hydrogen-bond acceptors (Lipinski definition) is 5. The van der Waals surface area contributed by atoms with Gasteiger partial charge in [0.1, 0.15) is 27.2 Å². The molecule has 0 saturated heterocycles. The predicted molar refractivity (Wildman–Crippen MR) is 184 cm³/mol. The average Bonchev–Trinajstić information content (AvgIpc) is 3.74. The Morgan fingerprint density at radius 1 is 0.500 bits per heavy atom. The monoisotopic (exact) mass is 582 g/mol. The van der Waals surface area contributed by atoms with Crippen LogP contribution in [-0.2, 0) is 0 Å². The van der Waals surface area contributed by atoms with Gasteiger partial charge in [-0.25, -0.2) is 4.98 Å². The van der Waals surface area contributed by atoms with E-state index in [2.05, 4.69) is 108 Å². The first-order valence-corrected chi connectivity index (χ1v) is 15.4. The van der Waals surface area contributed by atoms with E-state index >= 15 is 0 Å². The Balaban J connectivity index is 1.28. The van der Waals surface area contributed by atoms with Gasteiger partial charge in [-0.3, -0.25) is 0 Å². The van der Waals surface area contributed by atoms with Crippen LogP contribution in [0.15, 0.2) is 142 Å². The zero-order valence-electron chi connectivity index (χ0n) is 23.3. The highest BCUT2D eigenvalue weighted by atomic mass is 32.1. The van der Waals surface area contributed by atoms with E-state index in [0.717, 1.165) is 71.2 Å². The number of thiophene rings is 1. The lowest BCUT2D eigenvalue weighted by Crippen LogP contribution is -2.10. The number of nitrogens with zero attached hydrogens (tertiary/aromatic N) is 2. The number of pyridine rings is 1. The molecule has 0 radical (unpaired) electrons. The van der Waals surface area contributed by atoms with Crippen molar-refractivity contribution >= 4 is 103 Å². The van der Waals surface area contributed by atoms with Crippen LogP contribution in [-0.4, -0.2) is 4.98 Å². The number of fused-ring (bicyclic) bond motifs is 10. The lowest BCUT2D eigenvalue weighted by Gasteiger charge is -2.26. The Bertz CT molecular complexity index is 2640. The van der Waals surface area contributed by atoms with E-state index in [4.69, 9.17) is 13.8 Å². The maximum Gasteiger partial charge on any atom is 0.137 e. The Morgan fingerprint density at radius 3 is 1.73 bits per heavy atom. The number of aromatic nitrogens is 1. The fraction of sp³-hybridized carbons (Fsp3) is 0. The molecule has 4 aromatic heterocycles. The quantitative estimate of drug-likeness (QED) is 0.208. The van der Waals surface area contributed by atoms with E-state index < -0.39 is 0 Å². The van der Waals surface area contributed by atoms with Crippen molar-refractivity contribution in [3.63, 3.8) is 0 Å². The summed E-state index contributed by atoms with van der Waals surface area (Å²) in [7, 11) is 0. The summed E-state index contributed by atoms with van der Waals surface area (Å²) < 4.78 is 13.9. The summed E-state index contributed by atoms with van der Waals surface area (Å²) in [4.78, 5) is 8.17. The van der Waals surface area contributed by atoms with Gasteiger partial charge in [0.05, 0.1) is 5.69 Å². The number of rotatable bonds is 3. The van der Waals surface area contributed by atoms with Crippen LogP contribution >= 0.6 is 11.3 Å². The smallest absolute Gasteiger partial charge is 0.137 e. The Kier molecular flexibility index (Phi) is 4.84. The number of para-hydroxylation sites is 2. The van der Waals surface area contributed by atoms with Crippen LogP contribution in [0.25, 0.3) is 75.0 Å². The minimum atomic E-state index is 0.852. The van der Waals surface area contributed by atoms with Gasteiger partial charge in [-0.1, -0.05) is 60.7 Å². The van der Waals surface area contributed by atoms with Crippen molar-refractivity contribution < 1.29 is 8.83 Å². The first-order valence-electron chi connectivity index (χ1n) is 14.6. The van der Waals surface area contributed by atoms with Crippen molar-refractivity contribution in [2.75, 3.05) is 4.90 Å². The summed E-state index contributed by atoms with van der Waals surface area (Å²) in [5, 5.41) is 9.22. The molecular weight excluding hydrogens is 561 g/mol. The number of furan rings is 2. The molecule has 0 amide bonds. The maximum absolute atomic E-state index is 6.36. The normalized spacial score (nSPS) is 12.1. The van der Waals surface area contributed by atoms with Crippen molar-refractivity contribution in [1.29, 1.82) is 0 Å². The third-order valence-electron chi connectivity index (χ3n) is 8.70. The summed E-state index contributed by atoms with van der Waals surface area (Å²) in [6.07, 6.45) is 1.92. The van der Waals surface area contributed by atoms with Gasteiger partial charge in [0.25, 0.3) is 0 Å². The molecular formula is C39H22N2O2S. The van der Waals surface area contributed by atoms with Crippen LogP contribution in [0.5, 0.6) is 0 Å². The first kappa shape index (κ1) is 23.9. The molecule has 6 aromatic carbocycles. The van der Waals surface area contributed by atoms with E-state index in [1.54, 1.807) is 11.3 Å². The fourth-order valence-corrected chi connectivity index (χ4v) is 7.78. The van der Waals surface area contributed by atoms with Gasteiger partial charge in [0, 0.05) is 66.7 Å². The van der Waals surface area contributed by atoms with Gasteiger partial charge < -0.3 is 13.7 Å². The molecule has 0 bridgehead atoms. The highest BCUT2D eigenvalue weighted by Gasteiger charge is 2.22. The highest BCUT2D eigenvalue weighted by Crippen LogP contribution is 2.46. The third-order valence-corrected chi connectivity index (χ3v) is 9.76. The summed E-state index contributed by atoms with van der Waals surface area (Å²) >= 11 is 1.73. The van der Waals surface area contributed by atoms with E-state index in [9.17, 15) is 0 Å². The zero-order chi connectivity index (χ0) is 28.8. The first-order chi connectivity index (χ1) is 21.8. The topological polar surface area (TPSA) is 42.4 Å². The van der Waals surface area contributed by atoms with Crippen LogP contribution < -0.4 is 4.90 Å². The molecule has 0 saturated carbocycles. The molecule has 0 unspecified atom stereocenters. The second kappa shape index (κ2) is 8.93. The van der Waals surface area contributed by atoms with Gasteiger partial charge in [0.2, 0.25) is 0 Å². The second-order valence-electron chi connectivity index (χ2n) is 11.2. The van der Waals surface area contributed by atoms with E-state index in [1.807, 2.05) is 30.5 Å². The molecule has 0 aliphatic heterocycles. The predicted octanol–water partition coefficient (Wildman–Crippen LogP) is 11.9. The molecule has 206 valence electrons. The Hall–Kier alpha value is -5.65. The molecule has 10 rings (SSSR count). The lowest BCUT2D eigenvalue weighted by atomic mass is 10.0. The molecule has 0 fully saturated rings. The SMILES string of the molecule is c1ccc2cc3c(cc2c1)sc1nccc(N(c2ccc4c(c2)oc2ccccc24)c2ccc4c(c2)oc2ccccc24)c13. The van der Waals surface area contributed by atoms with Gasteiger partial charge in [0.15, 0.2) is 0 Å². The zero-order valence-corrected chi connectivity index (χ0v) is 24.1. The number of hydrogen-bond donors (Lipinski definition) is 0. The highest BCUT2D eigenvalue weighted by molar-refractivity contribution is 7.25. The molecule has 0 atom stereocenters. The average molecular weight is 583 g/mol. The molecule has 10 aromatic rings. The van der Waals surface area contributed by atoms with E-state index in [-0.39, 0.29) is 0 Å². The van der Waals surface area contributed by atoms with Gasteiger partial charge in [-0.2, -0.15) is 0 Å². The Morgan fingerprint density at radius 2 is 1.07 bits per heavy atom. The summed E-state index contributed by atoms with van der Waals surface area (Å²) in [5.41, 5.74) is 6.53. The van der Waals surface area contributed by atoms with Crippen molar-refractivity contribution in [3.05, 3.63) is 134 Å². The second-order valence-corrected chi connectivity index (χ2v) is 12.2. The Labute approximate surface area is 255 Å². The van der Waals surface area contributed by atoms with Crippen molar-refractivity contribution in [2.24, 2.45) is 0 Å².